The van der Waals surface area contributed by atoms with Gasteiger partial charge >= 0.3 is 5.97 Å². The van der Waals surface area contributed by atoms with E-state index in [0.717, 1.165) is 11.1 Å². The van der Waals surface area contributed by atoms with E-state index in [9.17, 15) is 4.79 Å². The molecule has 1 heterocycles. The van der Waals surface area contributed by atoms with E-state index in [4.69, 9.17) is 9.47 Å². The van der Waals surface area contributed by atoms with Gasteiger partial charge in [-0.2, -0.15) is 0 Å². The van der Waals surface area contributed by atoms with Gasteiger partial charge in [-0.3, -0.25) is 0 Å². The van der Waals surface area contributed by atoms with Gasteiger partial charge in [-0.05, 0) is 23.3 Å². The monoisotopic (exact) mass is 282 g/mol. The molecular formula is C18H18O3. The van der Waals surface area contributed by atoms with E-state index < -0.39 is 0 Å². The molecule has 0 unspecified atom stereocenters. The lowest BCUT2D eigenvalue weighted by molar-refractivity contribution is -0.127. The Morgan fingerprint density at radius 2 is 1.67 bits per heavy atom. The quantitative estimate of drug-likeness (QED) is 0.805. The van der Waals surface area contributed by atoms with E-state index in [1.54, 1.807) is 0 Å². The van der Waals surface area contributed by atoms with Crippen LogP contribution in [-0.2, 0) is 9.47 Å². The Morgan fingerprint density at radius 1 is 1.05 bits per heavy atom. The van der Waals surface area contributed by atoms with Crippen molar-refractivity contribution in [1.82, 2.24) is 0 Å². The minimum absolute atomic E-state index is 0.0142. The summed E-state index contributed by atoms with van der Waals surface area (Å²) < 4.78 is 10.5. The number of benzene rings is 2. The molecule has 0 aliphatic carbocycles. The molecule has 3 heteroatoms. The van der Waals surface area contributed by atoms with Gasteiger partial charge in [0.1, 0.15) is 6.61 Å². The number of carbonyl (C=O) groups excluding carboxylic acids is 1. The summed E-state index contributed by atoms with van der Waals surface area (Å²) in [6.45, 7) is 3.79. The Hall–Kier alpha value is -2.13. The van der Waals surface area contributed by atoms with Crippen LogP contribution in [0.3, 0.4) is 0 Å². The molecule has 0 N–H and O–H groups in total. The molecule has 3 rings (SSSR count). The second-order valence-electron chi connectivity index (χ2n) is 5.82. The Balaban J connectivity index is 1.65. The zero-order valence-corrected chi connectivity index (χ0v) is 12.0. The maximum atomic E-state index is 12.0. The number of hydrogen-bond donors (Lipinski definition) is 0. The first-order chi connectivity index (χ1) is 10.2. The van der Waals surface area contributed by atoms with E-state index in [-0.39, 0.29) is 11.4 Å². The van der Waals surface area contributed by atoms with Gasteiger partial charge in [-0.1, -0.05) is 49.4 Å². The van der Waals surface area contributed by atoms with Crippen LogP contribution in [0.1, 0.15) is 17.3 Å². The largest absolute Gasteiger partial charge is 0.461 e. The minimum Gasteiger partial charge on any atom is -0.461 e. The third kappa shape index (κ3) is 3.14. The van der Waals surface area contributed by atoms with Gasteiger partial charge in [0.2, 0.25) is 0 Å². The first-order valence-corrected chi connectivity index (χ1v) is 7.07. The van der Waals surface area contributed by atoms with Gasteiger partial charge in [0, 0.05) is 5.41 Å². The van der Waals surface area contributed by atoms with Crippen LogP contribution in [-0.4, -0.2) is 25.8 Å². The van der Waals surface area contributed by atoms with Crippen molar-refractivity contribution in [3.63, 3.8) is 0 Å². The lowest BCUT2D eigenvalue weighted by Gasteiger charge is -2.37. The smallest absolute Gasteiger partial charge is 0.338 e. The van der Waals surface area contributed by atoms with Crippen LogP contribution >= 0.6 is 0 Å². The Labute approximate surface area is 124 Å². The fourth-order valence-electron chi connectivity index (χ4n) is 2.29. The lowest BCUT2D eigenvalue weighted by Crippen LogP contribution is -2.44. The fourth-order valence-corrected chi connectivity index (χ4v) is 2.29. The predicted octanol–water partition coefficient (Wildman–Crippen LogP) is 3.55. The van der Waals surface area contributed by atoms with Gasteiger partial charge < -0.3 is 9.47 Å². The highest BCUT2D eigenvalue weighted by Gasteiger charge is 2.34. The number of ether oxygens (including phenoxy) is 2. The maximum Gasteiger partial charge on any atom is 0.338 e. The second-order valence-corrected chi connectivity index (χ2v) is 5.82. The number of hydrogen-bond acceptors (Lipinski definition) is 3. The van der Waals surface area contributed by atoms with Gasteiger partial charge in [0.15, 0.2) is 0 Å². The van der Waals surface area contributed by atoms with Gasteiger partial charge in [-0.15, -0.1) is 0 Å². The first-order valence-electron chi connectivity index (χ1n) is 7.07. The molecule has 1 fully saturated rings. The lowest BCUT2D eigenvalue weighted by atomic mass is 9.90. The van der Waals surface area contributed by atoms with Crippen molar-refractivity contribution >= 4 is 5.97 Å². The van der Waals surface area contributed by atoms with Crippen molar-refractivity contribution in [1.29, 1.82) is 0 Å². The molecule has 1 aliphatic heterocycles. The van der Waals surface area contributed by atoms with Crippen molar-refractivity contribution < 1.29 is 14.3 Å². The van der Waals surface area contributed by atoms with Crippen LogP contribution in [0.2, 0.25) is 0 Å². The molecule has 3 nitrogen and oxygen atoms in total. The predicted molar refractivity (Wildman–Crippen MR) is 81.1 cm³/mol. The molecule has 0 bridgehead atoms. The third-order valence-corrected chi connectivity index (χ3v) is 3.68. The van der Waals surface area contributed by atoms with Crippen molar-refractivity contribution in [3.8, 4) is 11.1 Å². The topological polar surface area (TPSA) is 35.5 Å². The Kier molecular flexibility index (Phi) is 3.76. The first kappa shape index (κ1) is 13.8. The summed E-state index contributed by atoms with van der Waals surface area (Å²) in [4.78, 5) is 12.0. The van der Waals surface area contributed by atoms with Crippen LogP contribution in [0.5, 0.6) is 0 Å². The highest BCUT2D eigenvalue weighted by molar-refractivity contribution is 5.90. The van der Waals surface area contributed by atoms with E-state index in [0.29, 0.717) is 25.4 Å². The van der Waals surface area contributed by atoms with Crippen molar-refractivity contribution in [3.05, 3.63) is 60.2 Å². The van der Waals surface area contributed by atoms with Crippen molar-refractivity contribution in [2.75, 3.05) is 19.8 Å². The summed E-state index contributed by atoms with van der Waals surface area (Å²) in [5, 5.41) is 0. The van der Waals surface area contributed by atoms with Crippen LogP contribution in [0.4, 0.5) is 0 Å². The van der Waals surface area contributed by atoms with Crippen LogP contribution in [0.15, 0.2) is 54.6 Å². The van der Waals surface area contributed by atoms with E-state index in [1.165, 1.54) is 0 Å². The highest BCUT2D eigenvalue weighted by Crippen LogP contribution is 2.27. The van der Waals surface area contributed by atoms with E-state index >= 15 is 0 Å². The van der Waals surface area contributed by atoms with E-state index in [2.05, 4.69) is 6.92 Å². The minimum atomic E-state index is -0.275. The number of carbonyl (C=O) groups is 1. The maximum absolute atomic E-state index is 12.0. The summed E-state index contributed by atoms with van der Waals surface area (Å²) in [5.41, 5.74) is 2.79. The third-order valence-electron chi connectivity index (χ3n) is 3.68. The van der Waals surface area contributed by atoms with Crippen LogP contribution < -0.4 is 0 Å². The normalized spacial score (nSPS) is 16.0. The zero-order chi connectivity index (χ0) is 14.7. The Bertz CT molecular complexity index is 613. The number of rotatable bonds is 4. The molecule has 2 aromatic rings. The molecule has 1 saturated heterocycles. The summed E-state index contributed by atoms with van der Waals surface area (Å²) in [5.74, 6) is -0.275. The molecule has 108 valence electrons. The molecule has 0 saturated carbocycles. The van der Waals surface area contributed by atoms with Crippen LogP contribution in [0.25, 0.3) is 11.1 Å². The fraction of sp³-hybridized carbons (Fsp3) is 0.278. The molecule has 0 spiro atoms. The summed E-state index contributed by atoms with van der Waals surface area (Å²) in [6.07, 6.45) is 0. The summed E-state index contributed by atoms with van der Waals surface area (Å²) in [6, 6.07) is 17.6. The molecule has 1 aliphatic rings. The average molecular weight is 282 g/mol. The van der Waals surface area contributed by atoms with Gasteiger partial charge in [0.25, 0.3) is 0 Å². The zero-order valence-electron chi connectivity index (χ0n) is 12.0. The summed E-state index contributed by atoms with van der Waals surface area (Å²) in [7, 11) is 0. The van der Waals surface area contributed by atoms with Crippen LogP contribution in [0, 0.1) is 5.41 Å². The number of esters is 1. The SMILES string of the molecule is CC1(COC(=O)c2ccc(-c3ccccc3)cc2)COC1. The van der Waals surface area contributed by atoms with Gasteiger partial charge in [0.05, 0.1) is 18.8 Å². The highest BCUT2D eigenvalue weighted by atomic mass is 16.5. The molecular weight excluding hydrogens is 264 g/mol. The summed E-state index contributed by atoms with van der Waals surface area (Å²) >= 11 is 0. The molecule has 21 heavy (non-hydrogen) atoms. The standard InChI is InChI=1S/C18H18O3/c1-18(11-20-12-18)13-21-17(19)16-9-7-15(8-10-16)14-5-3-2-4-6-14/h2-10H,11-13H2,1H3. The van der Waals surface area contributed by atoms with Gasteiger partial charge in [-0.25, -0.2) is 4.79 Å². The average Bonchev–Trinajstić information content (AvgIpc) is 2.52. The molecule has 0 aromatic heterocycles. The molecule has 0 radical (unpaired) electrons. The molecule has 0 atom stereocenters. The van der Waals surface area contributed by atoms with Crippen molar-refractivity contribution in [2.24, 2.45) is 5.41 Å². The van der Waals surface area contributed by atoms with Crippen molar-refractivity contribution in [2.45, 2.75) is 6.92 Å². The molecule has 0 amide bonds. The Morgan fingerprint density at radius 3 is 2.24 bits per heavy atom. The second kappa shape index (κ2) is 5.70. The van der Waals surface area contributed by atoms with E-state index in [1.807, 2.05) is 54.6 Å². The molecule has 2 aromatic carbocycles.